The normalized spacial score (nSPS) is 16.8. The zero-order valence-corrected chi connectivity index (χ0v) is 19.3. The van der Waals surface area contributed by atoms with Crippen LogP contribution in [0.2, 0.25) is 0 Å². The fraction of sp³-hybridized carbons (Fsp3) is 0.417. The number of piperazine rings is 1. The minimum absolute atomic E-state index is 0.777. The lowest BCUT2D eigenvalue weighted by Gasteiger charge is -2.35. The molecule has 0 bridgehead atoms. The monoisotopic (exact) mass is 446 g/mol. The number of fused-ring (bicyclic) bond motifs is 3. The molecule has 5 heterocycles. The third kappa shape index (κ3) is 3.38. The van der Waals surface area contributed by atoms with Crippen molar-refractivity contribution in [2.24, 2.45) is 0 Å². The molecule has 1 aliphatic carbocycles. The average molecular weight is 447 g/mol. The minimum Gasteiger partial charge on any atom is -0.361 e. The van der Waals surface area contributed by atoms with E-state index >= 15 is 0 Å². The summed E-state index contributed by atoms with van der Waals surface area (Å²) in [6, 6.07) is 3.99. The van der Waals surface area contributed by atoms with Crippen LogP contribution in [0.1, 0.15) is 33.9 Å². The topological polar surface area (TPSA) is 71.2 Å². The standard InChI is InChI=1S/C24H26N6OS/c1-15-19(16(2)31-28-15)14-29-9-11-30(12-10-29)23-21-18-6-3-7-20(18)32-24(21)27-22(26-23)17-5-4-8-25-13-17/h4-5,8,13H,3,6-7,9-12,14H2,1-2H3. The van der Waals surface area contributed by atoms with Gasteiger partial charge in [0.2, 0.25) is 0 Å². The highest BCUT2D eigenvalue weighted by atomic mass is 32.1. The number of aromatic nitrogens is 4. The van der Waals surface area contributed by atoms with E-state index in [-0.39, 0.29) is 0 Å². The number of anilines is 1. The highest BCUT2D eigenvalue weighted by Gasteiger charge is 2.27. The minimum atomic E-state index is 0.777. The third-order valence-corrected chi connectivity index (χ3v) is 7.89. The van der Waals surface area contributed by atoms with E-state index in [9.17, 15) is 0 Å². The Morgan fingerprint density at radius 2 is 1.97 bits per heavy atom. The molecule has 164 valence electrons. The zero-order chi connectivity index (χ0) is 21.7. The maximum Gasteiger partial charge on any atom is 0.164 e. The molecular weight excluding hydrogens is 420 g/mol. The van der Waals surface area contributed by atoms with Crippen LogP contribution in [0, 0.1) is 13.8 Å². The van der Waals surface area contributed by atoms with Crippen LogP contribution in [-0.2, 0) is 19.4 Å². The van der Waals surface area contributed by atoms with Gasteiger partial charge >= 0.3 is 0 Å². The van der Waals surface area contributed by atoms with E-state index in [4.69, 9.17) is 14.5 Å². The number of hydrogen-bond acceptors (Lipinski definition) is 8. The number of thiophene rings is 1. The first-order valence-electron chi connectivity index (χ1n) is 11.3. The summed E-state index contributed by atoms with van der Waals surface area (Å²) in [5, 5.41) is 5.40. The first kappa shape index (κ1) is 19.8. The lowest BCUT2D eigenvalue weighted by molar-refractivity contribution is 0.247. The van der Waals surface area contributed by atoms with Crippen molar-refractivity contribution in [2.45, 2.75) is 39.7 Å². The van der Waals surface area contributed by atoms with E-state index in [0.29, 0.717) is 0 Å². The molecule has 0 radical (unpaired) electrons. The van der Waals surface area contributed by atoms with E-state index < -0.39 is 0 Å². The Bertz CT molecular complexity index is 1250. The van der Waals surface area contributed by atoms with Gasteiger partial charge < -0.3 is 9.42 Å². The van der Waals surface area contributed by atoms with Crippen LogP contribution in [0.4, 0.5) is 5.82 Å². The van der Waals surface area contributed by atoms with Crippen molar-refractivity contribution in [3.05, 3.63) is 52.0 Å². The molecular formula is C24H26N6OS. The van der Waals surface area contributed by atoms with Gasteiger partial charge in [-0.05, 0) is 50.8 Å². The Morgan fingerprint density at radius 1 is 1.09 bits per heavy atom. The van der Waals surface area contributed by atoms with E-state index in [1.165, 1.54) is 34.2 Å². The molecule has 32 heavy (non-hydrogen) atoms. The Morgan fingerprint density at radius 3 is 2.72 bits per heavy atom. The molecule has 4 aromatic heterocycles. The van der Waals surface area contributed by atoms with Crippen molar-refractivity contribution in [3.63, 3.8) is 0 Å². The molecule has 8 heteroatoms. The van der Waals surface area contributed by atoms with E-state index in [2.05, 4.69) is 19.9 Å². The smallest absolute Gasteiger partial charge is 0.164 e. The fourth-order valence-electron chi connectivity index (χ4n) is 4.90. The molecule has 4 aromatic rings. The number of aryl methyl sites for hydroxylation is 4. The number of pyridine rings is 1. The lowest BCUT2D eigenvalue weighted by Crippen LogP contribution is -2.46. The molecule has 2 aliphatic rings. The van der Waals surface area contributed by atoms with Gasteiger partial charge in [-0.1, -0.05) is 5.16 Å². The van der Waals surface area contributed by atoms with Gasteiger partial charge in [-0.2, -0.15) is 0 Å². The van der Waals surface area contributed by atoms with Crippen LogP contribution >= 0.6 is 11.3 Å². The Kier molecular flexibility index (Phi) is 4.91. The lowest BCUT2D eigenvalue weighted by atomic mass is 10.1. The summed E-state index contributed by atoms with van der Waals surface area (Å²) in [6.07, 6.45) is 7.20. The van der Waals surface area contributed by atoms with Crippen molar-refractivity contribution in [1.82, 2.24) is 25.0 Å². The number of nitrogens with zero attached hydrogens (tertiary/aromatic N) is 6. The van der Waals surface area contributed by atoms with Crippen molar-refractivity contribution in [2.75, 3.05) is 31.1 Å². The first-order chi connectivity index (χ1) is 15.7. The van der Waals surface area contributed by atoms with Gasteiger partial charge in [-0.15, -0.1) is 11.3 Å². The van der Waals surface area contributed by atoms with Crippen LogP contribution in [0.3, 0.4) is 0 Å². The zero-order valence-electron chi connectivity index (χ0n) is 18.5. The Hall–Kier alpha value is -2.84. The Labute approximate surface area is 191 Å². The predicted octanol–water partition coefficient (Wildman–Crippen LogP) is 4.17. The van der Waals surface area contributed by atoms with E-state index in [0.717, 1.165) is 72.6 Å². The molecule has 7 nitrogen and oxygen atoms in total. The quantitative estimate of drug-likeness (QED) is 0.466. The van der Waals surface area contributed by atoms with Crippen LogP contribution < -0.4 is 4.90 Å². The molecule has 0 aromatic carbocycles. The van der Waals surface area contributed by atoms with Gasteiger partial charge in [-0.3, -0.25) is 9.88 Å². The van der Waals surface area contributed by atoms with Gasteiger partial charge in [0, 0.05) is 61.1 Å². The van der Waals surface area contributed by atoms with Crippen LogP contribution in [-0.4, -0.2) is 51.2 Å². The van der Waals surface area contributed by atoms with Crippen molar-refractivity contribution in [3.8, 4) is 11.4 Å². The highest BCUT2D eigenvalue weighted by molar-refractivity contribution is 7.19. The van der Waals surface area contributed by atoms with E-state index in [1.807, 2.05) is 43.5 Å². The van der Waals surface area contributed by atoms with Gasteiger partial charge in [-0.25, -0.2) is 9.97 Å². The summed E-state index contributed by atoms with van der Waals surface area (Å²) in [5.41, 5.74) is 4.67. The molecule has 6 rings (SSSR count). The number of hydrogen-bond donors (Lipinski definition) is 0. The summed E-state index contributed by atoms with van der Waals surface area (Å²) in [6.45, 7) is 8.80. The van der Waals surface area contributed by atoms with Crippen molar-refractivity contribution < 1.29 is 4.52 Å². The molecule has 0 atom stereocenters. The molecule has 1 aliphatic heterocycles. The summed E-state index contributed by atoms with van der Waals surface area (Å²) in [5.74, 6) is 2.81. The van der Waals surface area contributed by atoms with Crippen molar-refractivity contribution in [1.29, 1.82) is 0 Å². The van der Waals surface area contributed by atoms with Gasteiger partial charge in [0.15, 0.2) is 5.82 Å². The first-order valence-corrected chi connectivity index (χ1v) is 12.1. The highest BCUT2D eigenvalue weighted by Crippen LogP contribution is 2.41. The van der Waals surface area contributed by atoms with Crippen LogP contribution in [0.25, 0.3) is 21.6 Å². The van der Waals surface area contributed by atoms with Gasteiger partial charge in [0.1, 0.15) is 16.4 Å². The summed E-state index contributed by atoms with van der Waals surface area (Å²) in [7, 11) is 0. The van der Waals surface area contributed by atoms with E-state index in [1.54, 1.807) is 6.20 Å². The second kappa shape index (κ2) is 7.94. The molecule has 1 saturated heterocycles. The molecule has 0 saturated carbocycles. The van der Waals surface area contributed by atoms with Crippen LogP contribution in [0.5, 0.6) is 0 Å². The summed E-state index contributed by atoms with van der Waals surface area (Å²) < 4.78 is 5.36. The summed E-state index contributed by atoms with van der Waals surface area (Å²) in [4.78, 5) is 21.9. The SMILES string of the molecule is Cc1noc(C)c1CN1CCN(c2nc(-c3cccnc3)nc3sc4c(c23)CCC4)CC1. The van der Waals surface area contributed by atoms with Gasteiger partial charge in [0.05, 0.1) is 11.1 Å². The van der Waals surface area contributed by atoms with Gasteiger partial charge in [0.25, 0.3) is 0 Å². The maximum absolute atomic E-state index is 5.36. The number of rotatable bonds is 4. The largest absolute Gasteiger partial charge is 0.361 e. The third-order valence-electron chi connectivity index (χ3n) is 6.70. The van der Waals surface area contributed by atoms with Crippen molar-refractivity contribution >= 4 is 27.4 Å². The van der Waals surface area contributed by atoms with Crippen LogP contribution in [0.15, 0.2) is 29.0 Å². The second-order valence-electron chi connectivity index (χ2n) is 8.72. The molecule has 0 spiro atoms. The molecule has 0 N–H and O–H groups in total. The average Bonchev–Trinajstić information content (AvgIpc) is 3.50. The Balaban J connectivity index is 1.32. The second-order valence-corrected chi connectivity index (χ2v) is 9.80. The maximum atomic E-state index is 5.36. The molecule has 1 fully saturated rings. The molecule has 0 amide bonds. The molecule has 0 unspecified atom stereocenters. The fourth-order valence-corrected chi connectivity index (χ4v) is 6.15. The predicted molar refractivity (Wildman–Crippen MR) is 126 cm³/mol. The summed E-state index contributed by atoms with van der Waals surface area (Å²) >= 11 is 1.85.